The van der Waals surface area contributed by atoms with Crippen LogP contribution in [-0.4, -0.2) is 59.2 Å². The quantitative estimate of drug-likeness (QED) is 0.452. The van der Waals surface area contributed by atoms with E-state index in [0.717, 1.165) is 65.1 Å². The maximum absolute atomic E-state index is 5.93. The molecule has 5 heterocycles. The van der Waals surface area contributed by atoms with Crippen molar-refractivity contribution in [1.82, 2.24) is 24.8 Å². The zero-order valence-corrected chi connectivity index (χ0v) is 20.2. The zero-order chi connectivity index (χ0) is 24.2. The molecule has 1 aliphatic rings. The summed E-state index contributed by atoms with van der Waals surface area (Å²) in [5.41, 5.74) is 3.25. The van der Waals surface area contributed by atoms with Gasteiger partial charge in [0.2, 0.25) is 5.88 Å². The fraction of sp³-hybridized carbons (Fsp3) is 0.308. The molecule has 0 amide bonds. The highest BCUT2D eigenvalue weighted by Gasteiger charge is 2.13. The average Bonchev–Trinajstić information content (AvgIpc) is 2.87. The minimum absolute atomic E-state index is 0.518. The summed E-state index contributed by atoms with van der Waals surface area (Å²) in [6.45, 7) is 1.99. The first-order valence-corrected chi connectivity index (χ1v) is 11.7. The minimum Gasteiger partial charge on any atom is -0.495 e. The van der Waals surface area contributed by atoms with Gasteiger partial charge in [0.1, 0.15) is 29.8 Å². The highest BCUT2D eigenvalue weighted by Crippen LogP contribution is 2.28. The van der Waals surface area contributed by atoms with Crippen molar-refractivity contribution in [3.8, 4) is 11.6 Å². The van der Waals surface area contributed by atoms with Gasteiger partial charge >= 0.3 is 0 Å². The summed E-state index contributed by atoms with van der Waals surface area (Å²) >= 11 is 0. The van der Waals surface area contributed by atoms with Crippen molar-refractivity contribution in [2.75, 3.05) is 45.0 Å². The smallest absolute Gasteiger partial charge is 0.215 e. The third-order valence-corrected chi connectivity index (χ3v) is 6.11. The number of rotatable bonds is 2. The summed E-state index contributed by atoms with van der Waals surface area (Å²) in [4.78, 5) is 20.7. The summed E-state index contributed by atoms with van der Waals surface area (Å²) in [5.74, 6) is 3.54. The van der Waals surface area contributed by atoms with E-state index in [1.54, 1.807) is 7.11 Å². The van der Waals surface area contributed by atoms with Gasteiger partial charge in [-0.2, -0.15) is 4.98 Å². The largest absolute Gasteiger partial charge is 0.495 e. The summed E-state index contributed by atoms with van der Waals surface area (Å²) in [6.07, 6.45) is 7.18. The molecular formula is C26H29N7O2. The molecule has 5 rings (SSSR count). The van der Waals surface area contributed by atoms with Crippen molar-refractivity contribution in [3.63, 3.8) is 0 Å². The number of aryl methyl sites for hydroxylation is 2. The van der Waals surface area contributed by atoms with Crippen LogP contribution in [0.25, 0.3) is 10.8 Å². The Hall–Kier alpha value is -3.98. The summed E-state index contributed by atoms with van der Waals surface area (Å²) in [5, 5.41) is 8.54. The molecule has 35 heavy (non-hydrogen) atoms. The van der Waals surface area contributed by atoms with Gasteiger partial charge in [0.05, 0.1) is 13.3 Å². The highest BCUT2D eigenvalue weighted by atomic mass is 16.5. The third kappa shape index (κ3) is 5.09. The third-order valence-electron chi connectivity index (χ3n) is 6.11. The van der Waals surface area contributed by atoms with Crippen LogP contribution in [0.4, 0.5) is 17.5 Å². The van der Waals surface area contributed by atoms with Gasteiger partial charge in [0.15, 0.2) is 0 Å². The molecule has 0 fully saturated rings. The number of nitrogens with zero attached hydrogens (tertiary/aromatic N) is 5. The van der Waals surface area contributed by atoms with Crippen LogP contribution in [0.15, 0.2) is 48.9 Å². The number of methoxy groups -OCH3 is 1. The highest BCUT2D eigenvalue weighted by molar-refractivity contribution is 5.95. The minimum atomic E-state index is 0.518. The molecule has 0 saturated heterocycles. The van der Waals surface area contributed by atoms with E-state index in [4.69, 9.17) is 9.47 Å². The number of hydrogen-bond donors (Lipinski definition) is 2. The summed E-state index contributed by atoms with van der Waals surface area (Å²) < 4.78 is 11.5. The van der Waals surface area contributed by atoms with Gasteiger partial charge in [-0.15, -0.1) is 0 Å². The van der Waals surface area contributed by atoms with Gasteiger partial charge in [-0.1, -0.05) is 6.07 Å². The molecule has 1 aliphatic heterocycles. The lowest BCUT2D eigenvalue weighted by molar-refractivity contribution is 0.226. The Morgan fingerprint density at radius 2 is 1.91 bits per heavy atom. The van der Waals surface area contributed by atoms with E-state index in [1.807, 2.05) is 49.9 Å². The van der Waals surface area contributed by atoms with E-state index < -0.39 is 0 Å². The molecule has 0 aromatic carbocycles. The lowest BCUT2D eigenvalue weighted by Crippen LogP contribution is -2.24. The van der Waals surface area contributed by atoms with Gasteiger partial charge < -0.3 is 20.1 Å². The number of anilines is 3. The van der Waals surface area contributed by atoms with Crippen LogP contribution in [0, 0.1) is 0 Å². The number of nitrogens with one attached hydrogen (secondary N) is 2. The number of aromatic nitrogens is 4. The molecule has 4 aromatic rings. The van der Waals surface area contributed by atoms with Gasteiger partial charge in [0, 0.05) is 55.2 Å². The predicted molar refractivity (Wildman–Crippen MR) is 137 cm³/mol. The van der Waals surface area contributed by atoms with Crippen LogP contribution in [0.2, 0.25) is 0 Å². The van der Waals surface area contributed by atoms with Crippen LogP contribution in [0.3, 0.4) is 0 Å². The van der Waals surface area contributed by atoms with Crippen LogP contribution in [-0.2, 0) is 19.4 Å². The van der Waals surface area contributed by atoms with Crippen molar-refractivity contribution in [3.05, 3.63) is 65.7 Å². The van der Waals surface area contributed by atoms with E-state index in [-0.39, 0.29) is 0 Å². The van der Waals surface area contributed by atoms with E-state index in [9.17, 15) is 0 Å². The number of ether oxygens (including phenoxy) is 2. The van der Waals surface area contributed by atoms with Crippen LogP contribution in [0.1, 0.15) is 16.8 Å². The monoisotopic (exact) mass is 471 g/mol. The first-order chi connectivity index (χ1) is 17.1. The molecule has 0 saturated carbocycles. The fourth-order valence-corrected chi connectivity index (χ4v) is 4.27. The van der Waals surface area contributed by atoms with Gasteiger partial charge in [0.25, 0.3) is 0 Å². The molecule has 0 radical (unpaired) electrons. The van der Waals surface area contributed by atoms with Crippen molar-refractivity contribution >= 4 is 28.2 Å². The van der Waals surface area contributed by atoms with Crippen LogP contribution < -0.4 is 20.1 Å². The van der Waals surface area contributed by atoms with E-state index in [1.165, 1.54) is 0 Å². The Morgan fingerprint density at radius 1 is 1.00 bits per heavy atom. The SMILES string of the molecule is CNc1ncc2c3cc(ncc13)Nc1cccc(n1)OCCN(C)Cc1cc(ncc1OC)CC2. The average molecular weight is 472 g/mol. The van der Waals surface area contributed by atoms with E-state index >= 15 is 0 Å². The molecule has 9 nitrogen and oxygen atoms in total. The van der Waals surface area contributed by atoms with Crippen molar-refractivity contribution in [1.29, 1.82) is 0 Å². The number of pyridine rings is 4. The maximum atomic E-state index is 5.93. The fourth-order valence-electron chi connectivity index (χ4n) is 4.27. The molecule has 6 bridgehead atoms. The van der Waals surface area contributed by atoms with Gasteiger partial charge in [-0.25, -0.2) is 9.97 Å². The number of fused-ring (bicyclic) bond motifs is 5. The summed E-state index contributed by atoms with van der Waals surface area (Å²) in [6, 6.07) is 9.87. The normalized spacial score (nSPS) is 14.5. The second-order valence-electron chi connectivity index (χ2n) is 8.56. The lowest BCUT2D eigenvalue weighted by Gasteiger charge is -2.19. The number of hydrogen-bond acceptors (Lipinski definition) is 9. The van der Waals surface area contributed by atoms with Gasteiger partial charge in [-0.05, 0) is 49.0 Å². The van der Waals surface area contributed by atoms with Crippen molar-refractivity contribution < 1.29 is 9.47 Å². The standard InChI is InChI=1S/C26H29N7O2/c1-27-26-21-14-29-24-12-20(21)17(13-30-26)7-8-19-11-18(22(34-3)15-28-19)16-33(2)9-10-35-25-6-4-5-23(31-24)32-25/h4-6,11-15H,7-10,16H2,1-3H3,(H,27,30)(H,29,31,32). The molecule has 2 N–H and O–H groups in total. The first kappa shape index (κ1) is 22.8. The van der Waals surface area contributed by atoms with Crippen LogP contribution in [0.5, 0.6) is 11.6 Å². The molecule has 180 valence electrons. The molecule has 0 unspecified atom stereocenters. The molecule has 4 aromatic heterocycles. The molecular weight excluding hydrogens is 442 g/mol. The molecule has 0 aliphatic carbocycles. The van der Waals surface area contributed by atoms with Crippen LogP contribution >= 0.6 is 0 Å². The van der Waals surface area contributed by atoms with Gasteiger partial charge in [-0.3, -0.25) is 9.88 Å². The predicted octanol–water partition coefficient (Wildman–Crippen LogP) is 3.82. The topological polar surface area (TPSA) is 97.3 Å². The second kappa shape index (κ2) is 10.1. The second-order valence-corrected chi connectivity index (χ2v) is 8.56. The Kier molecular flexibility index (Phi) is 6.58. The number of likely N-dealkylation sites (N-methyl/N-ethyl adjacent to an activating group) is 1. The maximum Gasteiger partial charge on any atom is 0.215 e. The van der Waals surface area contributed by atoms with E-state index in [2.05, 4.69) is 48.6 Å². The molecule has 0 atom stereocenters. The summed E-state index contributed by atoms with van der Waals surface area (Å²) in [7, 11) is 5.62. The van der Waals surface area contributed by atoms with E-state index in [0.29, 0.717) is 24.1 Å². The Morgan fingerprint density at radius 3 is 2.77 bits per heavy atom. The van der Waals surface area contributed by atoms with Crippen molar-refractivity contribution in [2.24, 2.45) is 0 Å². The van der Waals surface area contributed by atoms with Crippen molar-refractivity contribution in [2.45, 2.75) is 19.4 Å². The Labute approximate surface area is 204 Å². The zero-order valence-electron chi connectivity index (χ0n) is 20.2. The lowest BCUT2D eigenvalue weighted by atomic mass is 10.0. The first-order valence-electron chi connectivity index (χ1n) is 11.7. The Bertz CT molecular complexity index is 1340. The molecule has 0 spiro atoms. The molecule has 9 heteroatoms. The Balaban J connectivity index is 1.57.